The van der Waals surface area contributed by atoms with E-state index in [-0.39, 0.29) is 5.54 Å². The molecule has 1 unspecified atom stereocenters. The molecule has 14 heavy (non-hydrogen) atoms. The van der Waals surface area contributed by atoms with Crippen molar-refractivity contribution in [2.45, 2.75) is 45.1 Å². The molecule has 78 valence electrons. The van der Waals surface area contributed by atoms with Gasteiger partial charge in [0.1, 0.15) is 0 Å². The van der Waals surface area contributed by atoms with Gasteiger partial charge in [0.05, 0.1) is 17.6 Å². The number of hydrogen-bond acceptors (Lipinski definition) is 2. The van der Waals surface area contributed by atoms with E-state index in [1.807, 2.05) is 6.33 Å². The lowest BCUT2D eigenvalue weighted by molar-refractivity contribution is 0.305. The molecule has 0 spiro atoms. The van der Waals surface area contributed by atoms with Crippen LogP contribution in [0.15, 0.2) is 6.33 Å². The topological polar surface area (TPSA) is 40.7 Å². The summed E-state index contributed by atoms with van der Waals surface area (Å²) >= 11 is 0. The number of unbranched alkanes of at least 4 members (excludes halogenated alkanes) is 1. The Morgan fingerprint density at radius 2 is 2.43 bits per heavy atom. The lowest BCUT2D eigenvalue weighted by atomic mass is 9.86. The predicted octanol–water partition coefficient (Wildman–Crippen LogP) is 1.96. The van der Waals surface area contributed by atoms with Crippen LogP contribution in [-0.2, 0) is 12.0 Å². The van der Waals surface area contributed by atoms with Crippen LogP contribution >= 0.6 is 0 Å². The Morgan fingerprint density at radius 1 is 1.57 bits per heavy atom. The molecule has 0 amide bonds. The number of aromatic nitrogens is 2. The Labute approximate surface area is 85.3 Å². The van der Waals surface area contributed by atoms with Gasteiger partial charge in [0, 0.05) is 18.7 Å². The number of H-pyrrole nitrogens is 1. The molecule has 1 atom stereocenters. The number of nitrogens with zero attached hydrogens (tertiary/aromatic N) is 1. The first-order chi connectivity index (χ1) is 6.76. The first-order valence-electron chi connectivity index (χ1n) is 5.54. The zero-order valence-electron chi connectivity index (χ0n) is 9.06. The molecule has 0 saturated carbocycles. The van der Waals surface area contributed by atoms with Crippen molar-refractivity contribution < 1.29 is 0 Å². The van der Waals surface area contributed by atoms with Gasteiger partial charge in [-0.1, -0.05) is 19.8 Å². The van der Waals surface area contributed by atoms with E-state index in [0.717, 1.165) is 13.0 Å². The Morgan fingerprint density at radius 3 is 3.21 bits per heavy atom. The third-order valence-corrected chi connectivity index (χ3v) is 3.16. The Bertz CT molecular complexity index is 305. The van der Waals surface area contributed by atoms with Crippen LogP contribution in [0.5, 0.6) is 0 Å². The highest BCUT2D eigenvalue weighted by Gasteiger charge is 2.32. The van der Waals surface area contributed by atoms with Crippen LogP contribution in [0.4, 0.5) is 0 Å². The van der Waals surface area contributed by atoms with Crippen molar-refractivity contribution in [3.63, 3.8) is 0 Å². The van der Waals surface area contributed by atoms with Gasteiger partial charge >= 0.3 is 0 Å². The van der Waals surface area contributed by atoms with Crippen LogP contribution in [0, 0.1) is 0 Å². The summed E-state index contributed by atoms with van der Waals surface area (Å²) in [4.78, 5) is 7.68. The number of aromatic amines is 1. The van der Waals surface area contributed by atoms with Crippen LogP contribution in [0.1, 0.15) is 44.5 Å². The molecular formula is C11H19N3. The minimum atomic E-state index is 0.101. The zero-order valence-corrected chi connectivity index (χ0v) is 9.06. The summed E-state index contributed by atoms with van der Waals surface area (Å²) in [7, 11) is 0. The molecule has 1 aromatic rings. The maximum Gasteiger partial charge on any atom is 0.0926 e. The van der Waals surface area contributed by atoms with Gasteiger partial charge in [-0.05, 0) is 13.3 Å². The first-order valence-corrected chi connectivity index (χ1v) is 5.54. The van der Waals surface area contributed by atoms with Crippen LogP contribution < -0.4 is 5.32 Å². The first kappa shape index (κ1) is 9.71. The molecule has 3 nitrogen and oxygen atoms in total. The maximum absolute atomic E-state index is 4.44. The molecule has 0 aromatic carbocycles. The fourth-order valence-electron chi connectivity index (χ4n) is 2.27. The van der Waals surface area contributed by atoms with E-state index in [2.05, 4.69) is 29.1 Å². The van der Waals surface area contributed by atoms with Crippen LogP contribution in [0.25, 0.3) is 0 Å². The van der Waals surface area contributed by atoms with Crippen LogP contribution in [0.2, 0.25) is 0 Å². The fourth-order valence-corrected chi connectivity index (χ4v) is 2.27. The molecule has 0 saturated heterocycles. The van der Waals surface area contributed by atoms with Gasteiger partial charge < -0.3 is 10.3 Å². The Kier molecular flexibility index (Phi) is 2.59. The van der Waals surface area contributed by atoms with Gasteiger partial charge in [-0.2, -0.15) is 0 Å². The van der Waals surface area contributed by atoms with E-state index >= 15 is 0 Å². The molecule has 0 fully saturated rings. The largest absolute Gasteiger partial charge is 0.348 e. The average molecular weight is 193 g/mol. The highest BCUT2D eigenvalue weighted by atomic mass is 15.1. The van der Waals surface area contributed by atoms with Gasteiger partial charge in [0.25, 0.3) is 0 Å². The second-order valence-electron chi connectivity index (χ2n) is 4.34. The van der Waals surface area contributed by atoms with Crippen molar-refractivity contribution in [3.05, 3.63) is 17.7 Å². The summed E-state index contributed by atoms with van der Waals surface area (Å²) in [6.45, 7) is 5.56. The molecule has 0 bridgehead atoms. The SMILES string of the molecule is CCCCC1(C)NCCc2[nH]cnc21. The smallest absolute Gasteiger partial charge is 0.0926 e. The minimum absolute atomic E-state index is 0.101. The number of nitrogens with one attached hydrogen (secondary N) is 2. The number of hydrogen-bond donors (Lipinski definition) is 2. The monoisotopic (exact) mass is 193 g/mol. The highest BCUT2D eigenvalue weighted by Crippen LogP contribution is 2.30. The maximum atomic E-state index is 4.44. The second-order valence-corrected chi connectivity index (χ2v) is 4.34. The van der Waals surface area contributed by atoms with Gasteiger partial charge in [-0.3, -0.25) is 0 Å². The highest BCUT2D eigenvalue weighted by molar-refractivity contribution is 5.24. The molecule has 2 rings (SSSR count). The molecule has 1 aliphatic rings. The minimum Gasteiger partial charge on any atom is -0.348 e. The van der Waals surface area contributed by atoms with Gasteiger partial charge in [0.15, 0.2) is 0 Å². The van der Waals surface area contributed by atoms with Gasteiger partial charge in [-0.25, -0.2) is 4.98 Å². The molecule has 1 aliphatic heterocycles. The van der Waals surface area contributed by atoms with E-state index < -0.39 is 0 Å². The zero-order chi connectivity index (χ0) is 10.0. The van der Waals surface area contributed by atoms with Crippen molar-refractivity contribution >= 4 is 0 Å². The number of rotatable bonds is 3. The average Bonchev–Trinajstić information content (AvgIpc) is 2.65. The van der Waals surface area contributed by atoms with E-state index in [1.54, 1.807) is 0 Å². The summed E-state index contributed by atoms with van der Waals surface area (Å²) < 4.78 is 0. The summed E-state index contributed by atoms with van der Waals surface area (Å²) in [6, 6.07) is 0. The summed E-state index contributed by atoms with van der Waals surface area (Å²) in [5, 5.41) is 3.59. The van der Waals surface area contributed by atoms with E-state index in [1.165, 1.54) is 30.7 Å². The summed E-state index contributed by atoms with van der Waals surface area (Å²) in [6.07, 6.45) is 6.59. The lowest BCUT2D eigenvalue weighted by Crippen LogP contribution is -2.45. The molecule has 0 aliphatic carbocycles. The molecule has 2 heterocycles. The Hall–Kier alpha value is -0.830. The molecule has 2 N–H and O–H groups in total. The third-order valence-electron chi connectivity index (χ3n) is 3.16. The second kappa shape index (κ2) is 3.73. The fraction of sp³-hybridized carbons (Fsp3) is 0.727. The quantitative estimate of drug-likeness (QED) is 0.770. The normalized spacial score (nSPS) is 26.1. The van der Waals surface area contributed by atoms with Gasteiger partial charge in [0.2, 0.25) is 0 Å². The van der Waals surface area contributed by atoms with Crippen molar-refractivity contribution in [2.75, 3.05) is 6.54 Å². The summed E-state index contributed by atoms with van der Waals surface area (Å²) in [5.41, 5.74) is 2.66. The third kappa shape index (κ3) is 1.57. The standard InChI is InChI=1S/C11H19N3/c1-3-4-6-11(2)10-9(5-7-14-11)12-8-13-10/h8,14H,3-7H2,1-2H3,(H,12,13). The number of fused-ring (bicyclic) bond motifs is 1. The van der Waals surface area contributed by atoms with Crippen LogP contribution in [-0.4, -0.2) is 16.5 Å². The molecule has 1 aromatic heterocycles. The van der Waals surface area contributed by atoms with Crippen molar-refractivity contribution in [2.24, 2.45) is 0 Å². The molecule has 3 heteroatoms. The summed E-state index contributed by atoms with van der Waals surface area (Å²) in [5.74, 6) is 0. The van der Waals surface area contributed by atoms with Crippen molar-refractivity contribution in [1.29, 1.82) is 0 Å². The number of imidazole rings is 1. The molecule has 0 radical (unpaired) electrons. The van der Waals surface area contributed by atoms with Crippen molar-refractivity contribution in [3.8, 4) is 0 Å². The van der Waals surface area contributed by atoms with E-state index in [9.17, 15) is 0 Å². The van der Waals surface area contributed by atoms with Crippen LogP contribution in [0.3, 0.4) is 0 Å². The van der Waals surface area contributed by atoms with E-state index in [4.69, 9.17) is 0 Å². The predicted molar refractivity (Wildman–Crippen MR) is 57.2 cm³/mol. The molecular weight excluding hydrogens is 174 g/mol. The lowest BCUT2D eigenvalue weighted by Gasteiger charge is -2.34. The van der Waals surface area contributed by atoms with Crippen molar-refractivity contribution in [1.82, 2.24) is 15.3 Å². The van der Waals surface area contributed by atoms with E-state index in [0.29, 0.717) is 0 Å². The van der Waals surface area contributed by atoms with Gasteiger partial charge in [-0.15, -0.1) is 0 Å². The Balaban J connectivity index is 2.21.